The molecule has 3 rings (SSSR count). The standard InChI is InChI=1S/C17H26N4O/c1-14(12-15-5-6-15)19-17(22)21-10-8-20(9-11-21)13-16-4-2-3-7-18-16/h2-4,7,14-15H,5-6,8-13H2,1H3,(H,19,22). The van der Waals surface area contributed by atoms with E-state index in [9.17, 15) is 4.79 Å². The summed E-state index contributed by atoms with van der Waals surface area (Å²) in [6, 6.07) is 6.41. The maximum absolute atomic E-state index is 12.3. The molecule has 120 valence electrons. The van der Waals surface area contributed by atoms with E-state index in [1.807, 2.05) is 23.2 Å². The largest absolute Gasteiger partial charge is 0.336 e. The SMILES string of the molecule is CC(CC1CC1)NC(=O)N1CCN(Cc2ccccn2)CC1. The second-order valence-corrected chi connectivity index (χ2v) is 6.61. The van der Waals surface area contributed by atoms with Gasteiger partial charge in [-0.15, -0.1) is 0 Å². The van der Waals surface area contributed by atoms with Crippen molar-refractivity contribution < 1.29 is 4.79 Å². The Balaban J connectivity index is 1.39. The highest BCUT2D eigenvalue weighted by Crippen LogP contribution is 2.33. The first kappa shape index (κ1) is 15.3. The van der Waals surface area contributed by atoms with Gasteiger partial charge in [0, 0.05) is 45.0 Å². The van der Waals surface area contributed by atoms with E-state index in [-0.39, 0.29) is 6.03 Å². The third kappa shape index (κ3) is 4.44. The van der Waals surface area contributed by atoms with Gasteiger partial charge in [0.2, 0.25) is 0 Å². The summed E-state index contributed by atoms with van der Waals surface area (Å²) in [4.78, 5) is 20.9. The van der Waals surface area contributed by atoms with Crippen LogP contribution in [0.2, 0.25) is 0 Å². The molecule has 0 aromatic carbocycles. The summed E-state index contributed by atoms with van der Waals surface area (Å²) in [5.41, 5.74) is 1.10. The average Bonchev–Trinajstić information content (AvgIpc) is 3.32. The van der Waals surface area contributed by atoms with Crippen LogP contribution in [0.1, 0.15) is 31.9 Å². The fraction of sp³-hybridized carbons (Fsp3) is 0.647. The van der Waals surface area contributed by atoms with E-state index in [0.29, 0.717) is 6.04 Å². The molecule has 1 aromatic rings. The highest BCUT2D eigenvalue weighted by molar-refractivity contribution is 5.74. The zero-order valence-corrected chi connectivity index (χ0v) is 13.4. The molecule has 2 heterocycles. The Morgan fingerprint density at radius 3 is 2.73 bits per heavy atom. The number of hydrogen-bond acceptors (Lipinski definition) is 3. The lowest BCUT2D eigenvalue weighted by molar-refractivity contribution is 0.132. The van der Waals surface area contributed by atoms with E-state index in [2.05, 4.69) is 28.2 Å². The molecule has 1 saturated carbocycles. The molecule has 2 fully saturated rings. The van der Waals surface area contributed by atoms with Crippen LogP contribution in [0.5, 0.6) is 0 Å². The molecular weight excluding hydrogens is 276 g/mol. The first-order chi connectivity index (χ1) is 10.7. The quantitative estimate of drug-likeness (QED) is 0.906. The van der Waals surface area contributed by atoms with Crippen LogP contribution >= 0.6 is 0 Å². The molecule has 0 bridgehead atoms. The number of nitrogens with zero attached hydrogens (tertiary/aromatic N) is 3. The maximum Gasteiger partial charge on any atom is 0.317 e. The van der Waals surface area contributed by atoms with Crippen LogP contribution in [0.3, 0.4) is 0 Å². The van der Waals surface area contributed by atoms with Gasteiger partial charge in [-0.05, 0) is 31.4 Å². The van der Waals surface area contributed by atoms with Crippen LogP contribution < -0.4 is 5.32 Å². The Kier molecular flexibility index (Phi) is 4.93. The van der Waals surface area contributed by atoms with Crippen LogP contribution in [0.25, 0.3) is 0 Å². The van der Waals surface area contributed by atoms with Gasteiger partial charge in [-0.1, -0.05) is 18.9 Å². The summed E-state index contributed by atoms with van der Waals surface area (Å²) in [6.45, 7) is 6.42. The molecule has 1 unspecified atom stereocenters. The normalized spacial score (nSPS) is 20.7. The molecule has 1 aliphatic carbocycles. The van der Waals surface area contributed by atoms with E-state index >= 15 is 0 Å². The van der Waals surface area contributed by atoms with Crippen molar-refractivity contribution in [1.82, 2.24) is 20.1 Å². The summed E-state index contributed by atoms with van der Waals surface area (Å²) < 4.78 is 0. The predicted molar refractivity (Wildman–Crippen MR) is 86.4 cm³/mol. The molecule has 1 aromatic heterocycles. The lowest BCUT2D eigenvalue weighted by atomic mass is 10.1. The van der Waals surface area contributed by atoms with Gasteiger partial charge in [0.05, 0.1) is 5.69 Å². The number of amides is 2. The molecule has 2 amide bonds. The highest BCUT2D eigenvalue weighted by Gasteiger charge is 2.26. The molecule has 1 atom stereocenters. The molecule has 5 heteroatoms. The third-order valence-electron chi connectivity index (χ3n) is 4.52. The minimum Gasteiger partial charge on any atom is -0.336 e. The second kappa shape index (κ2) is 7.09. The van der Waals surface area contributed by atoms with E-state index < -0.39 is 0 Å². The molecule has 22 heavy (non-hydrogen) atoms. The zero-order chi connectivity index (χ0) is 15.4. The van der Waals surface area contributed by atoms with Gasteiger partial charge in [0.1, 0.15) is 0 Å². The van der Waals surface area contributed by atoms with Gasteiger partial charge in [-0.2, -0.15) is 0 Å². The third-order valence-corrected chi connectivity index (χ3v) is 4.52. The monoisotopic (exact) mass is 302 g/mol. The molecule has 5 nitrogen and oxygen atoms in total. The summed E-state index contributed by atoms with van der Waals surface area (Å²) >= 11 is 0. The van der Waals surface area contributed by atoms with Crippen LogP contribution in [-0.2, 0) is 6.54 Å². The van der Waals surface area contributed by atoms with Gasteiger partial charge in [-0.25, -0.2) is 4.79 Å². The van der Waals surface area contributed by atoms with Crippen molar-refractivity contribution in [2.24, 2.45) is 5.92 Å². The number of aromatic nitrogens is 1. The minimum atomic E-state index is 0.102. The first-order valence-corrected chi connectivity index (χ1v) is 8.38. The van der Waals surface area contributed by atoms with E-state index in [4.69, 9.17) is 0 Å². The molecular formula is C17H26N4O. The molecule has 1 saturated heterocycles. The van der Waals surface area contributed by atoms with Crippen molar-refractivity contribution in [3.63, 3.8) is 0 Å². The highest BCUT2D eigenvalue weighted by atomic mass is 16.2. The van der Waals surface area contributed by atoms with Crippen molar-refractivity contribution in [1.29, 1.82) is 0 Å². The van der Waals surface area contributed by atoms with Crippen molar-refractivity contribution in [2.75, 3.05) is 26.2 Å². The van der Waals surface area contributed by atoms with E-state index in [1.165, 1.54) is 12.8 Å². The summed E-state index contributed by atoms with van der Waals surface area (Å²) in [7, 11) is 0. The number of carbonyl (C=O) groups excluding carboxylic acids is 1. The number of urea groups is 1. The van der Waals surface area contributed by atoms with Gasteiger partial charge in [0.15, 0.2) is 0 Å². The smallest absolute Gasteiger partial charge is 0.317 e. The number of rotatable bonds is 5. The van der Waals surface area contributed by atoms with E-state index in [1.54, 1.807) is 0 Å². The van der Waals surface area contributed by atoms with E-state index in [0.717, 1.165) is 50.8 Å². The topological polar surface area (TPSA) is 48.5 Å². The van der Waals surface area contributed by atoms with Gasteiger partial charge >= 0.3 is 6.03 Å². The van der Waals surface area contributed by atoms with Crippen LogP contribution in [-0.4, -0.2) is 53.0 Å². The van der Waals surface area contributed by atoms with Crippen molar-refractivity contribution in [3.05, 3.63) is 30.1 Å². The molecule has 2 aliphatic rings. The maximum atomic E-state index is 12.3. The number of piperazine rings is 1. The van der Waals surface area contributed by atoms with Gasteiger partial charge in [0.25, 0.3) is 0 Å². The summed E-state index contributed by atoms with van der Waals surface area (Å²) in [6.07, 6.45) is 5.64. The molecule has 0 spiro atoms. The Hall–Kier alpha value is -1.62. The Morgan fingerprint density at radius 2 is 2.09 bits per heavy atom. The molecule has 0 radical (unpaired) electrons. The fourth-order valence-electron chi connectivity index (χ4n) is 3.04. The number of carbonyl (C=O) groups is 1. The lowest BCUT2D eigenvalue weighted by Gasteiger charge is -2.35. The van der Waals surface area contributed by atoms with Crippen LogP contribution in [0.15, 0.2) is 24.4 Å². The fourth-order valence-corrected chi connectivity index (χ4v) is 3.04. The molecule has 1 N–H and O–H groups in total. The number of hydrogen-bond donors (Lipinski definition) is 1. The zero-order valence-electron chi connectivity index (χ0n) is 13.4. The van der Waals surface area contributed by atoms with Crippen LogP contribution in [0.4, 0.5) is 4.79 Å². The number of nitrogens with one attached hydrogen (secondary N) is 1. The Morgan fingerprint density at radius 1 is 1.32 bits per heavy atom. The van der Waals surface area contributed by atoms with Crippen molar-refractivity contribution in [3.8, 4) is 0 Å². The summed E-state index contributed by atoms with van der Waals surface area (Å²) in [5.74, 6) is 0.852. The Labute approximate surface area is 132 Å². The van der Waals surface area contributed by atoms with Crippen molar-refractivity contribution in [2.45, 2.75) is 38.8 Å². The van der Waals surface area contributed by atoms with Gasteiger partial charge < -0.3 is 10.2 Å². The predicted octanol–water partition coefficient (Wildman–Crippen LogP) is 2.10. The average molecular weight is 302 g/mol. The Bertz CT molecular complexity index is 481. The van der Waals surface area contributed by atoms with Gasteiger partial charge in [-0.3, -0.25) is 9.88 Å². The van der Waals surface area contributed by atoms with Crippen LogP contribution in [0, 0.1) is 5.92 Å². The second-order valence-electron chi connectivity index (χ2n) is 6.61. The van der Waals surface area contributed by atoms with Crippen molar-refractivity contribution >= 4 is 6.03 Å². The minimum absolute atomic E-state index is 0.102. The lowest BCUT2D eigenvalue weighted by Crippen LogP contribution is -2.52. The first-order valence-electron chi connectivity index (χ1n) is 8.38. The summed E-state index contributed by atoms with van der Waals surface area (Å²) in [5, 5.41) is 3.14. The number of pyridine rings is 1. The molecule has 1 aliphatic heterocycles.